The minimum atomic E-state index is 0.526. The monoisotopic (exact) mass is 221 g/mol. The summed E-state index contributed by atoms with van der Waals surface area (Å²) in [7, 11) is 1.99. The van der Waals surface area contributed by atoms with Crippen molar-refractivity contribution in [3.05, 3.63) is 35.0 Å². The van der Waals surface area contributed by atoms with E-state index in [1.165, 1.54) is 0 Å². The number of fused-ring (bicyclic) bond motifs is 1. The minimum Gasteiger partial charge on any atom is -0.351 e. The van der Waals surface area contributed by atoms with E-state index in [4.69, 9.17) is 11.6 Å². The van der Waals surface area contributed by atoms with Gasteiger partial charge in [0, 0.05) is 30.6 Å². The second-order valence-corrected chi connectivity index (χ2v) is 3.98. The number of halogens is 1. The first-order valence-electron chi connectivity index (χ1n) is 4.90. The van der Waals surface area contributed by atoms with Gasteiger partial charge in [-0.2, -0.15) is 0 Å². The van der Waals surface area contributed by atoms with Gasteiger partial charge in [0.25, 0.3) is 0 Å². The fraction of sp³-hybridized carbons (Fsp3) is 0.250. The zero-order valence-electron chi connectivity index (χ0n) is 8.53. The Balaban J connectivity index is 2.50. The largest absolute Gasteiger partial charge is 0.351 e. The zero-order valence-corrected chi connectivity index (χ0v) is 9.29. The van der Waals surface area contributed by atoms with E-state index >= 15 is 0 Å². The average molecular weight is 222 g/mol. The predicted octanol–water partition coefficient (Wildman–Crippen LogP) is 2.96. The highest BCUT2D eigenvalue weighted by Gasteiger charge is 2.07. The summed E-state index contributed by atoms with van der Waals surface area (Å²) in [5.41, 5.74) is 2.16. The van der Waals surface area contributed by atoms with Gasteiger partial charge in [0.2, 0.25) is 0 Å². The first kappa shape index (κ1) is 10.2. The number of rotatable bonds is 3. The number of nitrogens with zero attached hydrogens (tertiary/aromatic N) is 1. The average Bonchev–Trinajstić information content (AvgIpc) is 2.61. The highest BCUT2D eigenvalue weighted by atomic mass is 35.5. The molecule has 0 N–H and O–H groups in total. The molecular weight excluding hydrogens is 210 g/mol. The smallest absolute Gasteiger partial charge is 0.120 e. The third kappa shape index (κ3) is 1.77. The molecular formula is C12H12ClNO. The molecule has 0 amide bonds. The lowest BCUT2D eigenvalue weighted by atomic mass is 10.1. The van der Waals surface area contributed by atoms with Gasteiger partial charge in [-0.25, -0.2) is 0 Å². The summed E-state index contributed by atoms with van der Waals surface area (Å²) in [6, 6.07) is 6.04. The van der Waals surface area contributed by atoms with Gasteiger partial charge < -0.3 is 9.36 Å². The third-order valence-electron chi connectivity index (χ3n) is 2.61. The van der Waals surface area contributed by atoms with Crippen LogP contribution >= 0.6 is 11.6 Å². The molecule has 0 radical (unpaired) electrons. The molecule has 1 heterocycles. The quantitative estimate of drug-likeness (QED) is 0.731. The van der Waals surface area contributed by atoms with Crippen LogP contribution in [0.2, 0.25) is 5.02 Å². The van der Waals surface area contributed by atoms with E-state index in [-0.39, 0.29) is 0 Å². The van der Waals surface area contributed by atoms with Crippen molar-refractivity contribution in [1.82, 2.24) is 4.57 Å². The Hall–Kier alpha value is -1.28. The van der Waals surface area contributed by atoms with Crippen LogP contribution in [-0.2, 0) is 18.3 Å². The highest BCUT2D eigenvalue weighted by Crippen LogP contribution is 2.28. The summed E-state index contributed by atoms with van der Waals surface area (Å²) in [5.74, 6) is 0. The molecule has 0 fully saturated rings. The molecule has 0 bridgehead atoms. The molecule has 2 rings (SSSR count). The van der Waals surface area contributed by atoms with Gasteiger partial charge >= 0.3 is 0 Å². The Kier molecular flexibility index (Phi) is 2.78. The standard InChI is InChI=1S/C12H12ClNO/c1-14-7-6-10-11(14)5-4-9(12(10)13)3-2-8-15/h4-8H,2-3H2,1H3. The van der Waals surface area contributed by atoms with E-state index in [9.17, 15) is 4.79 Å². The number of hydrogen-bond donors (Lipinski definition) is 0. The molecule has 1 aromatic heterocycles. The fourth-order valence-corrected chi connectivity index (χ4v) is 2.09. The van der Waals surface area contributed by atoms with Crippen molar-refractivity contribution in [3.63, 3.8) is 0 Å². The van der Waals surface area contributed by atoms with Gasteiger partial charge in [-0.05, 0) is 24.1 Å². The van der Waals surface area contributed by atoms with Crippen LogP contribution in [-0.4, -0.2) is 10.9 Å². The lowest BCUT2D eigenvalue weighted by Crippen LogP contribution is -1.90. The van der Waals surface area contributed by atoms with Crippen molar-refractivity contribution in [2.24, 2.45) is 7.05 Å². The molecule has 0 saturated heterocycles. The summed E-state index contributed by atoms with van der Waals surface area (Å²) in [6.45, 7) is 0. The highest BCUT2D eigenvalue weighted by molar-refractivity contribution is 6.36. The van der Waals surface area contributed by atoms with Crippen molar-refractivity contribution in [1.29, 1.82) is 0 Å². The van der Waals surface area contributed by atoms with Crippen LogP contribution in [0.5, 0.6) is 0 Å². The van der Waals surface area contributed by atoms with Gasteiger partial charge in [-0.3, -0.25) is 0 Å². The molecule has 1 aromatic carbocycles. The summed E-state index contributed by atoms with van der Waals surface area (Å²) < 4.78 is 2.03. The molecule has 0 aliphatic heterocycles. The van der Waals surface area contributed by atoms with Gasteiger partial charge in [0.15, 0.2) is 0 Å². The van der Waals surface area contributed by atoms with E-state index in [2.05, 4.69) is 0 Å². The summed E-state index contributed by atoms with van der Waals surface area (Å²) >= 11 is 6.26. The number of hydrogen-bond acceptors (Lipinski definition) is 1. The van der Waals surface area contributed by atoms with Crippen LogP contribution in [0.3, 0.4) is 0 Å². The van der Waals surface area contributed by atoms with E-state index in [1.807, 2.05) is 36.0 Å². The maximum absolute atomic E-state index is 10.3. The number of aryl methyl sites for hydroxylation is 2. The first-order chi connectivity index (χ1) is 7.24. The Labute approximate surface area is 93.5 Å². The van der Waals surface area contributed by atoms with Crippen LogP contribution in [0, 0.1) is 0 Å². The maximum Gasteiger partial charge on any atom is 0.120 e. The predicted molar refractivity (Wildman–Crippen MR) is 62.3 cm³/mol. The number of carbonyl (C=O) groups is 1. The van der Waals surface area contributed by atoms with Crippen molar-refractivity contribution in [2.75, 3.05) is 0 Å². The Bertz CT molecular complexity index is 502. The van der Waals surface area contributed by atoms with E-state index < -0.39 is 0 Å². The molecule has 0 saturated carbocycles. The number of carbonyl (C=O) groups excluding carboxylic acids is 1. The van der Waals surface area contributed by atoms with Crippen LogP contribution in [0.15, 0.2) is 24.4 Å². The van der Waals surface area contributed by atoms with Gasteiger partial charge in [0.05, 0.1) is 5.02 Å². The minimum absolute atomic E-state index is 0.526. The zero-order chi connectivity index (χ0) is 10.8. The van der Waals surface area contributed by atoms with E-state index in [0.717, 1.165) is 27.8 Å². The lowest BCUT2D eigenvalue weighted by molar-refractivity contribution is -0.107. The molecule has 0 aliphatic carbocycles. The normalized spacial score (nSPS) is 10.8. The molecule has 0 spiro atoms. The summed E-state index contributed by atoms with van der Waals surface area (Å²) in [4.78, 5) is 10.3. The van der Waals surface area contributed by atoms with Crippen molar-refractivity contribution in [3.8, 4) is 0 Å². The lowest BCUT2D eigenvalue weighted by Gasteiger charge is -2.04. The molecule has 0 aliphatic rings. The molecule has 2 aromatic rings. The summed E-state index contributed by atoms with van der Waals surface area (Å²) in [5, 5.41) is 1.83. The van der Waals surface area contributed by atoms with Crippen LogP contribution < -0.4 is 0 Å². The Morgan fingerprint density at radius 2 is 2.20 bits per heavy atom. The molecule has 0 atom stereocenters. The van der Waals surface area contributed by atoms with E-state index in [1.54, 1.807) is 0 Å². The van der Waals surface area contributed by atoms with E-state index in [0.29, 0.717) is 12.8 Å². The Morgan fingerprint density at radius 3 is 2.93 bits per heavy atom. The first-order valence-corrected chi connectivity index (χ1v) is 5.28. The SMILES string of the molecule is Cn1ccc2c(Cl)c(CCC=O)ccc21. The van der Waals surface area contributed by atoms with Crippen LogP contribution in [0.4, 0.5) is 0 Å². The number of aldehydes is 1. The van der Waals surface area contributed by atoms with Crippen LogP contribution in [0.1, 0.15) is 12.0 Å². The maximum atomic E-state index is 10.3. The summed E-state index contributed by atoms with van der Waals surface area (Å²) in [6.07, 6.45) is 4.15. The third-order valence-corrected chi connectivity index (χ3v) is 3.06. The van der Waals surface area contributed by atoms with Crippen molar-refractivity contribution >= 4 is 28.8 Å². The topological polar surface area (TPSA) is 22.0 Å². The van der Waals surface area contributed by atoms with Gasteiger partial charge in [-0.1, -0.05) is 17.7 Å². The molecule has 2 nitrogen and oxygen atoms in total. The molecule has 78 valence electrons. The molecule has 15 heavy (non-hydrogen) atoms. The van der Waals surface area contributed by atoms with Gasteiger partial charge in [-0.15, -0.1) is 0 Å². The number of benzene rings is 1. The molecule has 3 heteroatoms. The fourth-order valence-electron chi connectivity index (χ4n) is 1.77. The van der Waals surface area contributed by atoms with Crippen LogP contribution in [0.25, 0.3) is 10.9 Å². The number of aromatic nitrogens is 1. The second-order valence-electron chi connectivity index (χ2n) is 3.60. The van der Waals surface area contributed by atoms with Gasteiger partial charge in [0.1, 0.15) is 6.29 Å². The second kappa shape index (κ2) is 4.07. The van der Waals surface area contributed by atoms with Crippen molar-refractivity contribution < 1.29 is 4.79 Å². The Morgan fingerprint density at radius 1 is 1.40 bits per heavy atom. The van der Waals surface area contributed by atoms with Crippen molar-refractivity contribution in [2.45, 2.75) is 12.8 Å². The molecule has 0 unspecified atom stereocenters.